The van der Waals surface area contributed by atoms with E-state index in [1.54, 1.807) is 12.3 Å². The van der Waals surface area contributed by atoms with E-state index in [4.69, 9.17) is 0 Å². The van der Waals surface area contributed by atoms with E-state index in [0.29, 0.717) is 11.4 Å². The number of hydrogen-bond acceptors (Lipinski definition) is 3. The summed E-state index contributed by atoms with van der Waals surface area (Å²) >= 11 is 0. The molecule has 1 unspecified atom stereocenters. The van der Waals surface area contributed by atoms with Crippen molar-refractivity contribution in [2.24, 2.45) is 12.5 Å². The Labute approximate surface area is 122 Å². The van der Waals surface area contributed by atoms with Crippen LogP contribution in [-0.2, 0) is 23.6 Å². The van der Waals surface area contributed by atoms with Crippen LogP contribution in [0.2, 0.25) is 0 Å². The molecule has 1 heterocycles. The second-order valence-corrected chi connectivity index (χ2v) is 7.98. The average molecular weight is 301 g/mol. The molecule has 20 heavy (non-hydrogen) atoms. The van der Waals surface area contributed by atoms with Crippen molar-refractivity contribution in [3.05, 3.63) is 18.0 Å². The van der Waals surface area contributed by atoms with Crippen molar-refractivity contribution >= 4 is 10.0 Å². The first-order valence-corrected chi connectivity index (χ1v) is 8.44. The molecule has 0 saturated heterocycles. The third kappa shape index (κ3) is 4.33. The number of sulfonamides is 1. The molecular weight excluding hydrogens is 274 g/mol. The second-order valence-electron chi connectivity index (χ2n) is 6.27. The number of hydrogen-bond donors (Lipinski definition) is 2. The highest BCUT2D eigenvalue weighted by molar-refractivity contribution is 7.89. The van der Waals surface area contributed by atoms with E-state index in [9.17, 15) is 8.42 Å². The van der Waals surface area contributed by atoms with Crippen LogP contribution >= 0.6 is 0 Å². The molecule has 1 atom stereocenters. The zero-order valence-electron chi connectivity index (χ0n) is 13.3. The summed E-state index contributed by atoms with van der Waals surface area (Å²) in [4.78, 5) is 0.323. The molecule has 5 nitrogen and oxygen atoms in total. The van der Waals surface area contributed by atoms with Crippen molar-refractivity contribution in [3.63, 3.8) is 0 Å². The fraction of sp³-hybridized carbons (Fsp3) is 0.714. The summed E-state index contributed by atoms with van der Waals surface area (Å²) in [6, 6.07) is 1.59. The summed E-state index contributed by atoms with van der Waals surface area (Å²) in [5.41, 5.74) is 0.838. The van der Waals surface area contributed by atoms with E-state index in [-0.39, 0.29) is 11.5 Å². The molecule has 6 heteroatoms. The highest BCUT2D eigenvalue weighted by atomic mass is 32.2. The Morgan fingerprint density at radius 3 is 2.45 bits per heavy atom. The lowest BCUT2D eigenvalue weighted by molar-refractivity contribution is 0.317. The first-order valence-electron chi connectivity index (χ1n) is 6.96. The lowest BCUT2D eigenvalue weighted by Crippen LogP contribution is -2.41. The van der Waals surface area contributed by atoms with E-state index in [2.05, 4.69) is 10.0 Å². The minimum atomic E-state index is -3.47. The van der Waals surface area contributed by atoms with Gasteiger partial charge in [-0.25, -0.2) is 13.1 Å². The van der Waals surface area contributed by atoms with Gasteiger partial charge < -0.3 is 9.88 Å². The third-order valence-electron chi connectivity index (χ3n) is 3.58. The van der Waals surface area contributed by atoms with E-state index in [0.717, 1.165) is 12.2 Å². The fourth-order valence-corrected chi connectivity index (χ4v) is 3.17. The molecule has 0 spiro atoms. The van der Waals surface area contributed by atoms with Crippen LogP contribution in [0.15, 0.2) is 17.2 Å². The van der Waals surface area contributed by atoms with Gasteiger partial charge >= 0.3 is 0 Å². The molecule has 0 aliphatic rings. The van der Waals surface area contributed by atoms with E-state index in [1.165, 1.54) is 0 Å². The molecular formula is C14H27N3O2S. The molecule has 0 amide bonds. The Balaban J connectivity index is 2.93. The molecule has 0 bridgehead atoms. The van der Waals surface area contributed by atoms with Gasteiger partial charge in [-0.05, 0) is 24.9 Å². The van der Waals surface area contributed by atoms with Gasteiger partial charge in [0.15, 0.2) is 0 Å². The Bertz CT molecular complexity index is 541. The number of aryl methyl sites for hydroxylation is 1. The monoisotopic (exact) mass is 301 g/mol. The maximum atomic E-state index is 12.4. The summed E-state index contributed by atoms with van der Waals surface area (Å²) in [5, 5.41) is 3.20. The summed E-state index contributed by atoms with van der Waals surface area (Å²) in [6.07, 6.45) is 1.66. The molecule has 0 aliphatic carbocycles. The number of nitrogens with one attached hydrogen (secondary N) is 2. The maximum absolute atomic E-state index is 12.4. The molecule has 1 rings (SSSR count). The molecule has 0 fully saturated rings. The van der Waals surface area contributed by atoms with Gasteiger partial charge in [-0.3, -0.25) is 0 Å². The molecule has 116 valence electrons. The molecule has 0 aromatic carbocycles. The largest absolute Gasteiger partial charge is 0.352 e. The van der Waals surface area contributed by atoms with Gasteiger partial charge in [0.25, 0.3) is 0 Å². The average Bonchev–Trinajstić information content (AvgIpc) is 2.67. The molecule has 0 saturated carbocycles. The second kappa shape index (κ2) is 6.28. The highest BCUT2D eigenvalue weighted by Crippen LogP contribution is 2.21. The topological polar surface area (TPSA) is 63.1 Å². The van der Waals surface area contributed by atoms with Gasteiger partial charge in [-0.1, -0.05) is 27.7 Å². The standard InChI is InChI=1S/C14H27N3O2S/c1-7-15-9-12-8-13(10-17(12)6)20(18,19)16-11(2)14(3,4)5/h8,10-11,15-16H,7,9H2,1-6H3. The van der Waals surface area contributed by atoms with Crippen LogP contribution in [0.25, 0.3) is 0 Å². The maximum Gasteiger partial charge on any atom is 0.242 e. The minimum Gasteiger partial charge on any atom is -0.352 e. The fourth-order valence-electron chi connectivity index (χ4n) is 1.63. The summed E-state index contributed by atoms with van der Waals surface area (Å²) in [5.74, 6) is 0. The van der Waals surface area contributed by atoms with E-state index >= 15 is 0 Å². The van der Waals surface area contributed by atoms with Crippen molar-refractivity contribution in [2.45, 2.75) is 52.1 Å². The van der Waals surface area contributed by atoms with Crippen LogP contribution in [0.5, 0.6) is 0 Å². The first-order chi connectivity index (χ1) is 9.08. The summed E-state index contributed by atoms with van der Waals surface area (Å²) in [6.45, 7) is 11.5. The van der Waals surface area contributed by atoms with Crippen molar-refractivity contribution in [2.75, 3.05) is 6.54 Å². The van der Waals surface area contributed by atoms with Gasteiger partial charge in [0.1, 0.15) is 0 Å². The van der Waals surface area contributed by atoms with E-state index < -0.39 is 10.0 Å². The van der Waals surface area contributed by atoms with Gasteiger partial charge in [-0.15, -0.1) is 0 Å². The van der Waals surface area contributed by atoms with Crippen molar-refractivity contribution in [1.29, 1.82) is 0 Å². The van der Waals surface area contributed by atoms with Crippen LogP contribution in [0.1, 0.15) is 40.3 Å². The van der Waals surface area contributed by atoms with E-state index in [1.807, 2.05) is 46.2 Å². The molecule has 1 aromatic rings. The van der Waals surface area contributed by atoms with Crippen LogP contribution in [0.3, 0.4) is 0 Å². The van der Waals surface area contributed by atoms with Gasteiger partial charge in [0.2, 0.25) is 10.0 Å². The molecule has 0 radical (unpaired) electrons. The highest BCUT2D eigenvalue weighted by Gasteiger charge is 2.26. The Morgan fingerprint density at radius 2 is 1.95 bits per heavy atom. The number of rotatable bonds is 6. The Kier molecular flexibility index (Phi) is 5.40. The molecule has 1 aromatic heterocycles. The van der Waals surface area contributed by atoms with Crippen molar-refractivity contribution < 1.29 is 8.42 Å². The predicted molar refractivity (Wildman–Crippen MR) is 82.0 cm³/mol. The Hall–Kier alpha value is -0.850. The lowest BCUT2D eigenvalue weighted by atomic mass is 9.89. The van der Waals surface area contributed by atoms with Gasteiger partial charge in [0.05, 0.1) is 4.90 Å². The van der Waals surface area contributed by atoms with Gasteiger partial charge in [-0.2, -0.15) is 0 Å². The quantitative estimate of drug-likeness (QED) is 0.843. The van der Waals surface area contributed by atoms with Gasteiger partial charge in [0, 0.05) is 31.5 Å². The predicted octanol–water partition coefficient (Wildman–Crippen LogP) is 1.85. The van der Waals surface area contributed by atoms with Crippen molar-refractivity contribution in [3.8, 4) is 0 Å². The minimum absolute atomic E-state index is 0.117. The number of aromatic nitrogens is 1. The number of nitrogens with zero attached hydrogens (tertiary/aromatic N) is 1. The Morgan fingerprint density at radius 1 is 1.35 bits per heavy atom. The lowest BCUT2D eigenvalue weighted by Gasteiger charge is -2.27. The van der Waals surface area contributed by atoms with Crippen molar-refractivity contribution in [1.82, 2.24) is 14.6 Å². The third-order valence-corrected chi connectivity index (χ3v) is 5.09. The first kappa shape index (κ1) is 17.2. The van der Waals surface area contributed by atoms with Crippen LogP contribution < -0.4 is 10.0 Å². The summed E-state index contributed by atoms with van der Waals surface area (Å²) in [7, 11) is -1.61. The van der Waals surface area contributed by atoms with Crippen LogP contribution in [-0.4, -0.2) is 25.6 Å². The summed E-state index contributed by atoms with van der Waals surface area (Å²) < 4.78 is 29.4. The van der Waals surface area contributed by atoms with Crippen LogP contribution in [0, 0.1) is 5.41 Å². The zero-order chi connectivity index (χ0) is 15.6. The van der Waals surface area contributed by atoms with Crippen LogP contribution in [0.4, 0.5) is 0 Å². The molecule has 2 N–H and O–H groups in total. The zero-order valence-corrected chi connectivity index (χ0v) is 14.1. The molecule has 0 aliphatic heterocycles. The normalized spacial score (nSPS) is 14.5. The smallest absolute Gasteiger partial charge is 0.242 e. The SMILES string of the molecule is CCNCc1cc(S(=O)(=O)NC(C)C(C)(C)C)cn1C.